The van der Waals surface area contributed by atoms with E-state index < -0.39 is 29.2 Å². The molecule has 25 heavy (non-hydrogen) atoms. The van der Waals surface area contributed by atoms with Crippen LogP contribution in [0.2, 0.25) is 0 Å². The highest BCUT2D eigenvalue weighted by molar-refractivity contribution is 5.80. The first kappa shape index (κ1) is 18.7. The summed E-state index contributed by atoms with van der Waals surface area (Å²) in [6.45, 7) is 2.07. The Labute approximate surface area is 139 Å². The number of anilines is 1. The number of nitrogens with one attached hydrogen (secondary N) is 1. The number of hydrogen-bond acceptors (Lipinski definition) is 1. The fraction of sp³-hybridized carbons (Fsp3) is 0.176. The van der Waals surface area contributed by atoms with Crippen molar-refractivity contribution in [2.24, 2.45) is 0 Å². The van der Waals surface area contributed by atoms with Crippen LogP contribution in [0.5, 0.6) is 0 Å². The predicted molar refractivity (Wildman–Crippen MR) is 83.9 cm³/mol. The van der Waals surface area contributed by atoms with Crippen molar-refractivity contribution in [2.75, 3.05) is 5.73 Å². The number of benzene rings is 2. The molecule has 0 aliphatic carbocycles. The number of H-pyrrole nitrogens is 1. The molecule has 2 nitrogen and oxygen atoms in total. The number of nitrogens with two attached hydrogens (primary N) is 1. The molecule has 8 heteroatoms. The third-order valence-corrected chi connectivity index (χ3v) is 3.35. The lowest BCUT2D eigenvalue weighted by Crippen LogP contribution is -2.12. The Morgan fingerprint density at radius 2 is 1.48 bits per heavy atom. The maximum Gasteiger partial charge on any atom is 0.418 e. The molecular formula is C17H14F6N2. The number of aromatic nitrogens is 1. The molecule has 0 fully saturated rings. The Morgan fingerprint density at radius 3 is 2.00 bits per heavy atom. The zero-order chi connectivity index (χ0) is 18.8. The van der Waals surface area contributed by atoms with E-state index in [-0.39, 0.29) is 6.07 Å². The fourth-order valence-corrected chi connectivity index (χ4v) is 2.22. The van der Waals surface area contributed by atoms with E-state index in [0.717, 1.165) is 0 Å². The zero-order valence-corrected chi connectivity index (χ0v) is 13.0. The monoisotopic (exact) mass is 360 g/mol. The van der Waals surface area contributed by atoms with Crippen molar-refractivity contribution in [3.63, 3.8) is 0 Å². The second kappa shape index (κ2) is 6.70. The van der Waals surface area contributed by atoms with Crippen LogP contribution in [-0.2, 0) is 12.4 Å². The zero-order valence-electron chi connectivity index (χ0n) is 13.0. The average Bonchev–Trinajstić information content (AvgIpc) is 2.85. The van der Waals surface area contributed by atoms with Gasteiger partial charge in [-0.1, -0.05) is 18.2 Å². The van der Waals surface area contributed by atoms with Gasteiger partial charge in [0, 0.05) is 16.9 Å². The summed E-state index contributed by atoms with van der Waals surface area (Å²) in [5, 5.41) is 1.29. The second-order valence-electron chi connectivity index (χ2n) is 5.34. The number of aromatic amines is 1. The van der Waals surface area contributed by atoms with Crippen molar-refractivity contribution in [1.29, 1.82) is 0 Å². The van der Waals surface area contributed by atoms with E-state index in [2.05, 4.69) is 36.2 Å². The molecule has 2 aromatic carbocycles. The standard InChI is InChI=1S/C9H9N.C8H5F6N/c1-7-6-8-4-2-3-5-9(8)10-7;9-7(10,11)4-1-2-5(6(15)3-4)8(12,13)14/h2-6,10H,1H3;1-3H,15H2. The van der Waals surface area contributed by atoms with Crippen molar-refractivity contribution in [1.82, 2.24) is 4.98 Å². The summed E-state index contributed by atoms with van der Waals surface area (Å²) in [6, 6.07) is 11.4. The van der Waals surface area contributed by atoms with E-state index in [0.29, 0.717) is 12.1 Å². The lowest BCUT2D eigenvalue weighted by molar-refractivity contribution is -0.140. The largest absolute Gasteiger partial charge is 0.418 e. The molecule has 3 N–H and O–H groups in total. The van der Waals surface area contributed by atoms with Crippen LogP contribution in [0.4, 0.5) is 32.0 Å². The van der Waals surface area contributed by atoms with E-state index in [9.17, 15) is 26.3 Å². The van der Waals surface area contributed by atoms with Crippen molar-refractivity contribution in [3.8, 4) is 0 Å². The molecule has 1 heterocycles. The number of para-hydroxylation sites is 1. The predicted octanol–water partition coefficient (Wildman–Crippen LogP) is 5.78. The molecule has 0 amide bonds. The number of rotatable bonds is 0. The molecule has 0 radical (unpaired) electrons. The molecule has 0 saturated heterocycles. The SMILES string of the molecule is Cc1cc2ccccc2[nH]1.Nc1cc(C(F)(F)F)ccc1C(F)(F)F. The highest BCUT2D eigenvalue weighted by Gasteiger charge is 2.36. The molecule has 0 bridgehead atoms. The van der Waals surface area contributed by atoms with Gasteiger partial charge in [-0.05, 0) is 42.6 Å². The third kappa shape index (κ3) is 4.68. The van der Waals surface area contributed by atoms with Crippen LogP contribution in [-0.4, -0.2) is 4.98 Å². The van der Waals surface area contributed by atoms with Crippen molar-refractivity contribution < 1.29 is 26.3 Å². The van der Waals surface area contributed by atoms with Gasteiger partial charge >= 0.3 is 12.4 Å². The van der Waals surface area contributed by atoms with Gasteiger partial charge in [-0.2, -0.15) is 26.3 Å². The van der Waals surface area contributed by atoms with Crippen LogP contribution < -0.4 is 5.73 Å². The molecular weight excluding hydrogens is 346 g/mol. The maximum absolute atomic E-state index is 12.1. The molecule has 0 unspecified atom stereocenters. The van der Waals surface area contributed by atoms with Gasteiger partial charge in [0.25, 0.3) is 0 Å². The first-order valence-electron chi connectivity index (χ1n) is 7.07. The number of aryl methyl sites for hydroxylation is 1. The summed E-state index contributed by atoms with van der Waals surface area (Å²) in [7, 11) is 0. The average molecular weight is 360 g/mol. The molecule has 1 aromatic heterocycles. The lowest BCUT2D eigenvalue weighted by atomic mass is 10.1. The minimum absolute atomic E-state index is 0.267. The first-order chi connectivity index (χ1) is 11.5. The van der Waals surface area contributed by atoms with Gasteiger partial charge in [-0.3, -0.25) is 0 Å². The summed E-state index contributed by atoms with van der Waals surface area (Å²) >= 11 is 0. The minimum Gasteiger partial charge on any atom is -0.398 e. The van der Waals surface area contributed by atoms with Crippen LogP contribution in [0.25, 0.3) is 10.9 Å². The molecule has 3 aromatic rings. The van der Waals surface area contributed by atoms with Crippen molar-refractivity contribution in [3.05, 3.63) is 65.4 Å². The quantitative estimate of drug-likeness (QED) is 0.387. The third-order valence-electron chi connectivity index (χ3n) is 3.35. The first-order valence-corrected chi connectivity index (χ1v) is 7.07. The number of nitrogen functional groups attached to an aromatic ring is 1. The van der Waals surface area contributed by atoms with E-state index in [1.165, 1.54) is 16.6 Å². The number of halogens is 6. The summed E-state index contributed by atoms with van der Waals surface area (Å²) in [6.07, 6.45) is -9.44. The highest BCUT2D eigenvalue weighted by atomic mass is 19.4. The van der Waals surface area contributed by atoms with Crippen LogP contribution in [0.3, 0.4) is 0 Å². The second-order valence-corrected chi connectivity index (χ2v) is 5.34. The van der Waals surface area contributed by atoms with Crippen molar-refractivity contribution >= 4 is 16.6 Å². The van der Waals surface area contributed by atoms with E-state index >= 15 is 0 Å². The van der Waals surface area contributed by atoms with E-state index in [1.807, 2.05) is 6.07 Å². The van der Waals surface area contributed by atoms with Crippen LogP contribution in [0.15, 0.2) is 48.5 Å². The number of fused-ring (bicyclic) bond motifs is 1. The maximum atomic E-state index is 12.1. The van der Waals surface area contributed by atoms with Crippen LogP contribution in [0, 0.1) is 6.92 Å². The molecule has 0 aliphatic rings. The molecule has 0 atom stereocenters. The minimum atomic E-state index is -4.74. The van der Waals surface area contributed by atoms with Gasteiger partial charge in [-0.25, -0.2) is 0 Å². The van der Waals surface area contributed by atoms with E-state index in [1.54, 1.807) is 0 Å². The molecule has 0 aliphatic heterocycles. The lowest BCUT2D eigenvalue weighted by Gasteiger charge is -2.12. The van der Waals surface area contributed by atoms with Gasteiger partial charge in [0.15, 0.2) is 0 Å². The van der Waals surface area contributed by atoms with Gasteiger partial charge in [0.2, 0.25) is 0 Å². The molecule has 134 valence electrons. The van der Waals surface area contributed by atoms with Gasteiger partial charge in [0.05, 0.1) is 11.1 Å². The fourth-order valence-electron chi connectivity index (χ4n) is 2.22. The van der Waals surface area contributed by atoms with Crippen LogP contribution in [0.1, 0.15) is 16.8 Å². The smallest absolute Gasteiger partial charge is 0.398 e. The summed E-state index contributed by atoms with van der Waals surface area (Å²) in [5.74, 6) is 0. The Morgan fingerprint density at radius 1 is 0.840 bits per heavy atom. The summed E-state index contributed by atoms with van der Waals surface area (Å²) < 4.78 is 72.5. The Kier molecular flexibility index (Phi) is 5.01. The highest BCUT2D eigenvalue weighted by Crippen LogP contribution is 2.37. The normalized spacial score (nSPS) is 12.0. The Bertz CT molecular complexity index is 828. The van der Waals surface area contributed by atoms with E-state index in [4.69, 9.17) is 5.73 Å². The molecule has 3 rings (SSSR count). The van der Waals surface area contributed by atoms with Gasteiger partial charge < -0.3 is 10.7 Å². The van der Waals surface area contributed by atoms with Gasteiger partial charge in [-0.15, -0.1) is 0 Å². The Balaban J connectivity index is 0.000000194. The van der Waals surface area contributed by atoms with Gasteiger partial charge in [0.1, 0.15) is 0 Å². The number of hydrogen-bond donors (Lipinski definition) is 2. The topological polar surface area (TPSA) is 41.8 Å². The molecule has 0 saturated carbocycles. The summed E-state index contributed by atoms with van der Waals surface area (Å²) in [4.78, 5) is 3.26. The summed E-state index contributed by atoms with van der Waals surface area (Å²) in [5.41, 5.74) is 3.93. The molecule has 0 spiro atoms. The van der Waals surface area contributed by atoms with Crippen molar-refractivity contribution in [2.45, 2.75) is 19.3 Å². The Hall–Kier alpha value is -2.64. The number of alkyl halides is 6. The van der Waals surface area contributed by atoms with Crippen LogP contribution >= 0.6 is 0 Å².